The quantitative estimate of drug-likeness (QED) is 0.733. The van der Waals surface area contributed by atoms with Crippen LogP contribution < -0.4 is 9.64 Å². The van der Waals surface area contributed by atoms with E-state index in [-0.39, 0.29) is 29.4 Å². The average Bonchev–Trinajstić information content (AvgIpc) is 3.11. The zero-order valence-electron chi connectivity index (χ0n) is 14.7. The number of benzene rings is 2. The van der Waals surface area contributed by atoms with E-state index in [0.717, 1.165) is 5.69 Å². The number of amidine groups is 1. The van der Waals surface area contributed by atoms with Crippen LogP contribution in [0.25, 0.3) is 0 Å². The molecule has 2 saturated heterocycles. The number of hydrogen-bond donors (Lipinski definition) is 0. The number of aliphatic imine (C=N–C) groups is 1. The Morgan fingerprint density at radius 2 is 1.96 bits per heavy atom. The molecule has 0 bridgehead atoms. The molecule has 0 saturated carbocycles. The van der Waals surface area contributed by atoms with Gasteiger partial charge < -0.3 is 9.64 Å². The maximum atomic E-state index is 12.4. The number of carbonyl (C=O) groups excluding carboxylic acids is 1. The van der Waals surface area contributed by atoms with Crippen molar-refractivity contribution in [1.29, 1.82) is 0 Å². The van der Waals surface area contributed by atoms with Gasteiger partial charge in [-0.25, -0.2) is 8.42 Å². The molecule has 0 N–H and O–H groups in total. The molecule has 0 spiro atoms. The highest BCUT2D eigenvalue weighted by Crippen LogP contribution is 2.41. The first kappa shape index (κ1) is 19.3. The first-order valence-electron chi connectivity index (χ1n) is 8.62. The molecule has 9 heteroatoms. The van der Waals surface area contributed by atoms with E-state index in [2.05, 4.69) is 4.99 Å². The predicted octanol–water partition coefficient (Wildman–Crippen LogP) is 3.02. The van der Waals surface area contributed by atoms with Crippen LogP contribution in [0.15, 0.2) is 59.6 Å². The molecule has 1 amide bonds. The van der Waals surface area contributed by atoms with Crippen LogP contribution in [-0.4, -0.2) is 48.9 Å². The molecule has 0 unspecified atom stereocenters. The lowest BCUT2D eigenvalue weighted by Crippen LogP contribution is -2.37. The van der Waals surface area contributed by atoms with Crippen molar-refractivity contribution >= 4 is 50.0 Å². The van der Waals surface area contributed by atoms with Crippen molar-refractivity contribution in [1.82, 2.24) is 0 Å². The van der Waals surface area contributed by atoms with Crippen molar-refractivity contribution < 1.29 is 17.9 Å². The SMILES string of the molecule is O=C(COc1ccccc1)N=C1S[C@H]2CS(=O)(=O)C[C@@H]2N1c1cccc(Cl)c1. The van der Waals surface area contributed by atoms with Gasteiger partial charge in [-0.1, -0.05) is 47.6 Å². The van der Waals surface area contributed by atoms with Gasteiger partial charge in [0.2, 0.25) is 0 Å². The summed E-state index contributed by atoms with van der Waals surface area (Å²) in [6, 6.07) is 15.9. The Hall–Kier alpha value is -2.03. The van der Waals surface area contributed by atoms with E-state index in [4.69, 9.17) is 16.3 Å². The van der Waals surface area contributed by atoms with Crippen LogP contribution in [0.3, 0.4) is 0 Å². The molecule has 0 radical (unpaired) electrons. The summed E-state index contributed by atoms with van der Waals surface area (Å²) < 4.78 is 29.6. The number of amides is 1. The highest BCUT2D eigenvalue weighted by molar-refractivity contribution is 8.16. The van der Waals surface area contributed by atoms with Gasteiger partial charge in [-0.2, -0.15) is 4.99 Å². The Bertz CT molecular complexity index is 1030. The van der Waals surface area contributed by atoms with Crippen LogP contribution in [0.1, 0.15) is 0 Å². The number of anilines is 1. The van der Waals surface area contributed by atoms with Crippen LogP contribution >= 0.6 is 23.4 Å². The molecular formula is C19H17ClN2O4S2. The van der Waals surface area contributed by atoms with Crippen molar-refractivity contribution in [2.45, 2.75) is 11.3 Å². The third-order valence-electron chi connectivity index (χ3n) is 4.48. The fourth-order valence-electron chi connectivity index (χ4n) is 3.29. The molecule has 2 aromatic rings. The number of ether oxygens (including phenoxy) is 1. The molecule has 2 atom stereocenters. The summed E-state index contributed by atoms with van der Waals surface area (Å²) in [5.74, 6) is 0.267. The lowest BCUT2D eigenvalue weighted by molar-refractivity contribution is -0.119. The van der Waals surface area contributed by atoms with Gasteiger partial charge in [0.15, 0.2) is 21.6 Å². The predicted molar refractivity (Wildman–Crippen MR) is 112 cm³/mol. The molecular weight excluding hydrogens is 420 g/mol. The zero-order chi connectivity index (χ0) is 19.7. The third-order valence-corrected chi connectivity index (χ3v) is 7.92. The van der Waals surface area contributed by atoms with Crippen molar-refractivity contribution in [2.75, 3.05) is 23.0 Å². The fraction of sp³-hybridized carbons (Fsp3) is 0.263. The minimum absolute atomic E-state index is 0.0326. The fourth-order valence-corrected chi connectivity index (χ4v) is 7.41. The van der Waals surface area contributed by atoms with E-state index in [1.807, 2.05) is 29.2 Å². The molecule has 2 aromatic carbocycles. The van der Waals surface area contributed by atoms with Crippen molar-refractivity contribution in [3.05, 3.63) is 59.6 Å². The summed E-state index contributed by atoms with van der Waals surface area (Å²) in [6.45, 7) is -0.189. The van der Waals surface area contributed by atoms with Gasteiger partial charge in [-0.3, -0.25) is 4.79 Å². The largest absolute Gasteiger partial charge is 0.484 e. The van der Waals surface area contributed by atoms with Crippen LogP contribution in [0.2, 0.25) is 5.02 Å². The highest BCUT2D eigenvalue weighted by atomic mass is 35.5. The monoisotopic (exact) mass is 436 g/mol. The van der Waals surface area contributed by atoms with Gasteiger partial charge >= 0.3 is 0 Å². The molecule has 2 heterocycles. The molecule has 2 fully saturated rings. The standard InChI is InChI=1S/C19H17ClN2O4S2/c20-13-5-4-6-14(9-13)22-16-11-28(24,25)12-17(16)27-19(22)21-18(23)10-26-15-7-2-1-3-8-15/h1-9,16-17H,10-12H2/t16-,17-/m0/s1. The molecule has 6 nitrogen and oxygen atoms in total. The molecule has 2 aliphatic heterocycles. The van der Waals surface area contributed by atoms with Gasteiger partial charge in [-0.05, 0) is 30.3 Å². The van der Waals surface area contributed by atoms with Gasteiger partial charge in [-0.15, -0.1) is 0 Å². The second-order valence-electron chi connectivity index (χ2n) is 6.54. The van der Waals surface area contributed by atoms with Crippen LogP contribution in [0.4, 0.5) is 5.69 Å². The number of para-hydroxylation sites is 1. The van der Waals surface area contributed by atoms with E-state index >= 15 is 0 Å². The van der Waals surface area contributed by atoms with E-state index in [0.29, 0.717) is 15.9 Å². The second kappa shape index (κ2) is 7.77. The zero-order valence-corrected chi connectivity index (χ0v) is 17.1. The van der Waals surface area contributed by atoms with Gasteiger partial charge in [0.05, 0.1) is 17.5 Å². The van der Waals surface area contributed by atoms with Crippen LogP contribution in [0.5, 0.6) is 5.75 Å². The van der Waals surface area contributed by atoms with Gasteiger partial charge in [0, 0.05) is 16.0 Å². The molecule has 0 aromatic heterocycles. The second-order valence-corrected chi connectivity index (χ2v) is 10.3. The van der Waals surface area contributed by atoms with Gasteiger partial charge in [0.1, 0.15) is 5.75 Å². The smallest absolute Gasteiger partial charge is 0.285 e. The van der Waals surface area contributed by atoms with E-state index in [1.165, 1.54) is 11.8 Å². The Labute approximate surface area is 172 Å². The molecule has 146 valence electrons. The molecule has 28 heavy (non-hydrogen) atoms. The first-order chi connectivity index (χ1) is 13.4. The number of fused-ring (bicyclic) bond motifs is 1. The van der Waals surface area contributed by atoms with Crippen molar-refractivity contribution in [3.63, 3.8) is 0 Å². The van der Waals surface area contributed by atoms with E-state index in [1.54, 1.807) is 30.3 Å². The first-order valence-corrected chi connectivity index (χ1v) is 11.7. The Kier molecular flexibility index (Phi) is 5.35. The number of nitrogens with zero attached hydrogens (tertiary/aromatic N) is 2. The van der Waals surface area contributed by atoms with E-state index in [9.17, 15) is 13.2 Å². The number of sulfone groups is 1. The molecule has 4 rings (SSSR count). The lowest BCUT2D eigenvalue weighted by atomic mass is 10.2. The van der Waals surface area contributed by atoms with Crippen LogP contribution in [0, 0.1) is 0 Å². The maximum Gasteiger partial charge on any atom is 0.285 e. The number of carbonyl (C=O) groups is 1. The average molecular weight is 437 g/mol. The van der Waals surface area contributed by atoms with Crippen LogP contribution in [-0.2, 0) is 14.6 Å². The normalized spacial score (nSPS) is 24.3. The summed E-state index contributed by atoms with van der Waals surface area (Å²) >= 11 is 7.43. The third kappa shape index (κ3) is 4.19. The topological polar surface area (TPSA) is 76.0 Å². The minimum atomic E-state index is -3.11. The Morgan fingerprint density at radius 3 is 2.71 bits per heavy atom. The van der Waals surface area contributed by atoms with Crippen molar-refractivity contribution in [3.8, 4) is 5.75 Å². The Balaban J connectivity index is 1.58. The number of rotatable bonds is 4. The summed E-state index contributed by atoms with van der Waals surface area (Å²) in [4.78, 5) is 18.4. The number of halogens is 1. The summed E-state index contributed by atoms with van der Waals surface area (Å²) in [7, 11) is -3.11. The Morgan fingerprint density at radius 1 is 1.18 bits per heavy atom. The lowest BCUT2D eigenvalue weighted by Gasteiger charge is -2.24. The van der Waals surface area contributed by atoms with Crippen molar-refractivity contribution in [2.24, 2.45) is 4.99 Å². The number of hydrogen-bond acceptors (Lipinski definition) is 5. The molecule has 0 aliphatic carbocycles. The summed E-state index contributed by atoms with van der Waals surface area (Å²) in [5, 5.41) is 0.851. The van der Waals surface area contributed by atoms with Gasteiger partial charge in [0.25, 0.3) is 5.91 Å². The van der Waals surface area contributed by atoms with E-state index < -0.39 is 15.7 Å². The summed E-state index contributed by atoms with van der Waals surface area (Å²) in [6.07, 6.45) is 0. The highest BCUT2D eigenvalue weighted by Gasteiger charge is 2.49. The molecule has 2 aliphatic rings. The maximum absolute atomic E-state index is 12.4. The number of thioether (sulfide) groups is 1. The summed E-state index contributed by atoms with van der Waals surface area (Å²) in [5.41, 5.74) is 0.722. The minimum Gasteiger partial charge on any atom is -0.484 e.